The van der Waals surface area contributed by atoms with Gasteiger partial charge in [0, 0.05) is 51.4 Å². The van der Waals surface area contributed by atoms with Gasteiger partial charge in [-0.15, -0.1) is 0 Å². The van der Waals surface area contributed by atoms with Crippen molar-refractivity contribution in [2.45, 2.75) is 77.2 Å². The second kappa shape index (κ2) is 12.4. The first-order chi connectivity index (χ1) is 18.9. The van der Waals surface area contributed by atoms with Crippen molar-refractivity contribution in [1.29, 1.82) is 0 Å². The molecule has 0 radical (unpaired) electrons. The highest BCUT2D eigenvalue weighted by Crippen LogP contribution is 2.37. The van der Waals surface area contributed by atoms with Gasteiger partial charge in [0.05, 0.1) is 10.5 Å². The lowest BCUT2D eigenvalue weighted by molar-refractivity contribution is 0.170. The first-order valence-corrected chi connectivity index (χ1v) is 16.6. The molecule has 0 aliphatic carbocycles. The van der Waals surface area contributed by atoms with Crippen LogP contribution in [0.1, 0.15) is 75.8 Å². The fourth-order valence-electron chi connectivity index (χ4n) is 5.44. The van der Waals surface area contributed by atoms with E-state index in [1.165, 1.54) is 11.3 Å². The van der Waals surface area contributed by atoms with Gasteiger partial charge in [-0.05, 0) is 54.9 Å². The van der Waals surface area contributed by atoms with Gasteiger partial charge in [-0.2, -0.15) is 4.98 Å². The molecule has 2 aromatic heterocycles. The summed E-state index contributed by atoms with van der Waals surface area (Å²) in [5.41, 5.74) is 2.42. The van der Waals surface area contributed by atoms with E-state index in [0.29, 0.717) is 43.1 Å². The van der Waals surface area contributed by atoms with Crippen molar-refractivity contribution >= 4 is 37.5 Å². The molecule has 11 heteroatoms. The summed E-state index contributed by atoms with van der Waals surface area (Å²) in [7, 11) is -3.20. The van der Waals surface area contributed by atoms with Gasteiger partial charge >= 0.3 is 0 Å². The maximum atomic E-state index is 15.1. The Labute approximate surface area is 234 Å². The molecule has 0 unspecified atom stereocenters. The maximum absolute atomic E-state index is 15.1. The number of ether oxygens (including phenoxy) is 1. The van der Waals surface area contributed by atoms with Crippen LogP contribution in [0.5, 0.6) is 5.19 Å². The SMILES string of the molecule is CCCCS(=O)(=O)N1CCC(c2cc(F)c3nc(OC4CCN(c5ncc(CCC)cn5)CC4)sc3c2)CC1. The van der Waals surface area contributed by atoms with E-state index in [0.717, 1.165) is 67.0 Å². The van der Waals surface area contributed by atoms with Crippen LogP contribution in [0, 0.1) is 5.82 Å². The van der Waals surface area contributed by atoms with Gasteiger partial charge in [-0.3, -0.25) is 0 Å². The van der Waals surface area contributed by atoms with Crippen molar-refractivity contribution in [2.24, 2.45) is 0 Å². The molecule has 5 rings (SSSR count). The molecule has 0 amide bonds. The number of aromatic nitrogens is 3. The summed E-state index contributed by atoms with van der Waals surface area (Å²) in [6.45, 7) is 6.71. The Morgan fingerprint density at radius 3 is 2.41 bits per heavy atom. The van der Waals surface area contributed by atoms with E-state index in [2.05, 4.69) is 26.8 Å². The summed E-state index contributed by atoms with van der Waals surface area (Å²) in [5, 5.41) is 0.497. The molecule has 2 fully saturated rings. The van der Waals surface area contributed by atoms with Crippen LogP contribution in [0.25, 0.3) is 10.2 Å². The van der Waals surface area contributed by atoms with Crippen LogP contribution in [-0.4, -0.2) is 65.7 Å². The number of thiazole rings is 1. The van der Waals surface area contributed by atoms with Crippen molar-refractivity contribution in [3.8, 4) is 5.19 Å². The lowest BCUT2D eigenvalue weighted by atomic mass is 9.90. The Morgan fingerprint density at radius 1 is 1.03 bits per heavy atom. The number of rotatable bonds is 10. The highest BCUT2D eigenvalue weighted by atomic mass is 32.2. The monoisotopic (exact) mass is 575 g/mol. The quantitative estimate of drug-likeness (QED) is 0.314. The van der Waals surface area contributed by atoms with Crippen LogP contribution in [0.2, 0.25) is 0 Å². The molecule has 212 valence electrons. The number of nitrogens with zero attached hydrogens (tertiary/aromatic N) is 5. The normalized spacial score (nSPS) is 18.2. The third kappa shape index (κ3) is 6.69. The number of hydrogen-bond donors (Lipinski definition) is 0. The van der Waals surface area contributed by atoms with Crippen molar-refractivity contribution in [3.63, 3.8) is 0 Å². The largest absolute Gasteiger partial charge is 0.467 e. The average Bonchev–Trinajstić information content (AvgIpc) is 3.36. The Morgan fingerprint density at radius 2 is 1.74 bits per heavy atom. The molecule has 2 aliphatic heterocycles. The van der Waals surface area contributed by atoms with Gasteiger partial charge in [0.1, 0.15) is 11.6 Å². The zero-order valence-electron chi connectivity index (χ0n) is 22.8. The molecule has 0 spiro atoms. The second-order valence-corrected chi connectivity index (χ2v) is 13.7. The highest BCUT2D eigenvalue weighted by molar-refractivity contribution is 7.89. The molecule has 4 heterocycles. The molecule has 8 nitrogen and oxygen atoms in total. The Balaban J connectivity index is 1.18. The number of unbranched alkanes of at least 4 members (excludes halogenated alkanes) is 1. The number of aryl methyl sites for hydroxylation is 1. The van der Waals surface area contributed by atoms with Gasteiger partial charge in [-0.25, -0.2) is 27.1 Å². The van der Waals surface area contributed by atoms with Crippen molar-refractivity contribution in [2.75, 3.05) is 36.8 Å². The van der Waals surface area contributed by atoms with E-state index in [9.17, 15) is 8.42 Å². The Kier molecular flexibility index (Phi) is 8.98. The van der Waals surface area contributed by atoms with E-state index in [1.807, 2.05) is 25.4 Å². The van der Waals surface area contributed by atoms with Crippen LogP contribution in [0.4, 0.5) is 10.3 Å². The lowest BCUT2D eigenvalue weighted by Gasteiger charge is -2.31. The molecule has 2 saturated heterocycles. The maximum Gasteiger partial charge on any atom is 0.274 e. The minimum absolute atomic E-state index is 0.0164. The van der Waals surface area contributed by atoms with Crippen molar-refractivity contribution in [3.05, 3.63) is 41.5 Å². The number of piperidine rings is 2. The number of anilines is 1. The second-order valence-electron chi connectivity index (χ2n) is 10.6. The van der Waals surface area contributed by atoms with E-state index >= 15 is 4.39 Å². The molecule has 2 aliphatic rings. The Bertz CT molecular complexity index is 1350. The molecule has 1 aromatic carbocycles. The van der Waals surface area contributed by atoms with E-state index in [1.54, 1.807) is 10.4 Å². The van der Waals surface area contributed by atoms with Crippen LogP contribution >= 0.6 is 11.3 Å². The predicted molar refractivity (Wildman–Crippen MR) is 154 cm³/mol. The van der Waals surface area contributed by atoms with E-state index in [4.69, 9.17) is 4.74 Å². The molecule has 0 saturated carbocycles. The number of sulfonamides is 1. The van der Waals surface area contributed by atoms with E-state index in [-0.39, 0.29) is 23.6 Å². The van der Waals surface area contributed by atoms with Crippen molar-refractivity contribution < 1.29 is 17.5 Å². The Hall–Kier alpha value is -2.37. The lowest BCUT2D eigenvalue weighted by Crippen LogP contribution is -2.39. The topological polar surface area (TPSA) is 88.5 Å². The van der Waals surface area contributed by atoms with Crippen LogP contribution in [0.3, 0.4) is 0 Å². The zero-order chi connectivity index (χ0) is 27.4. The zero-order valence-corrected chi connectivity index (χ0v) is 24.4. The summed E-state index contributed by atoms with van der Waals surface area (Å²) < 4.78 is 48.7. The molecular weight excluding hydrogens is 537 g/mol. The molecule has 39 heavy (non-hydrogen) atoms. The van der Waals surface area contributed by atoms with Crippen molar-refractivity contribution in [1.82, 2.24) is 19.3 Å². The van der Waals surface area contributed by atoms with Gasteiger partial charge in [0.2, 0.25) is 16.0 Å². The van der Waals surface area contributed by atoms with Crippen LogP contribution < -0.4 is 9.64 Å². The fraction of sp³-hybridized carbons (Fsp3) is 0.607. The van der Waals surface area contributed by atoms with Gasteiger partial charge in [0.25, 0.3) is 5.19 Å². The van der Waals surface area contributed by atoms with E-state index < -0.39 is 10.0 Å². The first-order valence-electron chi connectivity index (χ1n) is 14.2. The first kappa shape index (κ1) is 28.2. The third-order valence-corrected chi connectivity index (χ3v) is 10.6. The summed E-state index contributed by atoms with van der Waals surface area (Å²) in [6.07, 6.45) is 10.5. The van der Waals surface area contributed by atoms with Crippen LogP contribution in [-0.2, 0) is 16.4 Å². The molecule has 0 bridgehead atoms. The minimum atomic E-state index is -3.20. The number of hydrogen-bond acceptors (Lipinski definition) is 8. The summed E-state index contributed by atoms with van der Waals surface area (Å²) in [4.78, 5) is 15.7. The van der Waals surface area contributed by atoms with Gasteiger partial charge in [0.15, 0.2) is 5.82 Å². The number of halogens is 1. The van der Waals surface area contributed by atoms with Gasteiger partial charge < -0.3 is 9.64 Å². The standard InChI is InChI=1S/C28H38FN5O3S2/c1-3-5-15-39(35,36)34-13-7-21(8-14-34)22-16-24(29)26-25(17-22)38-28(32-26)37-23-9-11-33(12-10-23)27-30-18-20(6-4-2)19-31-27/h16-19,21,23H,3-15H2,1-2H3. The molecule has 3 aromatic rings. The van der Waals surface area contributed by atoms with Gasteiger partial charge in [-0.1, -0.05) is 38.0 Å². The average molecular weight is 576 g/mol. The van der Waals surface area contributed by atoms with Crippen LogP contribution in [0.15, 0.2) is 24.5 Å². The molecule has 0 atom stereocenters. The summed E-state index contributed by atoms with van der Waals surface area (Å²) in [5.74, 6) is 0.755. The summed E-state index contributed by atoms with van der Waals surface area (Å²) in [6, 6.07) is 3.58. The fourth-order valence-corrected chi connectivity index (χ4v) is 8.07. The molecule has 0 N–H and O–H groups in total. The highest BCUT2D eigenvalue weighted by Gasteiger charge is 2.29. The smallest absolute Gasteiger partial charge is 0.274 e. The third-order valence-electron chi connectivity index (χ3n) is 7.75. The minimum Gasteiger partial charge on any atom is -0.467 e. The summed E-state index contributed by atoms with van der Waals surface area (Å²) >= 11 is 1.38. The number of fused-ring (bicyclic) bond motifs is 1. The number of benzene rings is 1. The molecular formula is C28H38FN5O3S2. The predicted octanol–water partition coefficient (Wildman–Crippen LogP) is 5.54.